The first-order chi connectivity index (χ1) is 11.3. The molecular formula is C16H14F4N2O2. The van der Waals surface area contributed by atoms with E-state index in [4.69, 9.17) is 4.74 Å². The van der Waals surface area contributed by atoms with Crippen LogP contribution < -0.4 is 5.32 Å². The molecular weight excluding hydrogens is 328 g/mol. The molecule has 1 aromatic rings. The molecule has 2 aliphatic heterocycles. The lowest BCUT2D eigenvalue weighted by atomic mass is 9.65. The topological polar surface area (TPSA) is 50.7 Å². The van der Waals surface area contributed by atoms with Gasteiger partial charge < -0.3 is 10.1 Å². The van der Waals surface area contributed by atoms with Crippen molar-refractivity contribution in [3.63, 3.8) is 0 Å². The first kappa shape index (κ1) is 16.6. The van der Waals surface area contributed by atoms with Crippen molar-refractivity contribution in [2.75, 3.05) is 19.0 Å². The van der Waals surface area contributed by atoms with Crippen LogP contribution >= 0.6 is 0 Å². The molecule has 1 aromatic carbocycles. The number of carbonyl (C=O) groups excluding carboxylic acids is 1. The number of hydrogen-bond acceptors (Lipinski definition) is 3. The lowest BCUT2D eigenvalue weighted by Gasteiger charge is -2.46. The summed E-state index contributed by atoms with van der Waals surface area (Å²) in [6.45, 7) is -0.204. The monoisotopic (exact) mass is 342 g/mol. The summed E-state index contributed by atoms with van der Waals surface area (Å²) in [5.41, 5.74) is -2.89. The largest absolute Gasteiger partial charge is 0.402 e. The van der Waals surface area contributed by atoms with Crippen molar-refractivity contribution in [2.45, 2.75) is 24.1 Å². The van der Waals surface area contributed by atoms with Crippen LogP contribution in [0.1, 0.15) is 12.0 Å². The number of alkyl halides is 3. The van der Waals surface area contributed by atoms with E-state index >= 15 is 0 Å². The molecule has 0 spiro atoms. The third-order valence-electron chi connectivity index (χ3n) is 4.41. The third kappa shape index (κ3) is 2.32. The van der Waals surface area contributed by atoms with Crippen LogP contribution in [0, 0.1) is 5.82 Å². The minimum atomic E-state index is -4.74. The van der Waals surface area contributed by atoms with Crippen LogP contribution in [0.2, 0.25) is 0 Å². The highest BCUT2D eigenvalue weighted by molar-refractivity contribution is 6.01. The van der Waals surface area contributed by atoms with E-state index in [9.17, 15) is 22.4 Å². The summed E-state index contributed by atoms with van der Waals surface area (Å²) in [4.78, 5) is 15.6. The van der Waals surface area contributed by atoms with Crippen molar-refractivity contribution in [3.05, 3.63) is 41.2 Å². The number of methoxy groups -OCH3 is 1. The highest BCUT2D eigenvalue weighted by atomic mass is 19.4. The summed E-state index contributed by atoms with van der Waals surface area (Å²) in [7, 11) is 1.29. The lowest BCUT2D eigenvalue weighted by Crippen LogP contribution is -2.55. The molecule has 2 atom stereocenters. The number of carbonyl (C=O) groups is 1. The predicted molar refractivity (Wildman–Crippen MR) is 79.6 cm³/mol. The van der Waals surface area contributed by atoms with Crippen molar-refractivity contribution in [2.24, 2.45) is 4.99 Å². The molecule has 0 saturated carbocycles. The zero-order valence-corrected chi connectivity index (χ0v) is 12.7. The maximum atomic E-state index is 14.2. The van der Waals surface area contributed by atoms with Gasteiger partial charge in [-0.2, -0.15) is 13.2 Å². The zero-order valence-electron chi connectivity index (χ0n) is 12.7. The number of allylic oxidation sites excluding steroid dienone is 1. The number of dihydropyridines is 1. The van der Waals surface area contributed by atoms with Gasteiger partial charge in [-0.25, -0.2) is 9.38 Å². The van der Waals surface area contributed by atoms with Crippen molar-refractivity contribution < 1.29 is 27.1 Å². The number of hydrogen-bond donors (Lipinski definition) is 1. The van der Waals surface area contributed by atoms with E-state index < -0.39 is 35.8 Å². The average Bonchev–Trinajstić information content (AvgIpc) is 2.51. The van der Waals surface area contributed by atoms with Crippen LogP contribution in [0.5, 0.6) is 0 Å². The maximum absolute atomic E-state index is 14.2. The Kier molecular flexibility index (Phi) is 3.95. The van der Waals surface area contributed by atoms with Gasteiger partial charge in [0.05, 0.1) is 0 Å². The molecule has 3 rings (SSSR count). The van der Waals surface area contributed by atoms with Crippen molar-refractivity contribution in [1.82, 2.24) is 0 Å². The predicted octanol–water partition coefficient (Wildman–Crippen LogP) is 2.99. The van der Waals surface area contributed by atoms with E-state index in [1.165, 1.54) is 19.3 Å². The molecule has 1 N–H and O–H groups in total. The van der Waals surface area contributed by atoms with Gasteiger partial charge in [-0.3, -0.25) is 4.79 Å². The van der Waals surface area contributed by atoms with E-state index in [-0.39, 0.29) is 23.4 Å². The van der Waals surface area contributed by atoms with Crippen LogP contribution in [-0.4, -0.2) is 38.1 Å². The number of fused-ring (bicyclic) bond motifs is 2. The summed E-state index contributed by atoms with van der Waals surface area (Å²) < 4.78 is 61.2. The number of rotatable bonds is 3. The molecule has 4 nitrogen and oxygen atoms in total. The molecule has 0 aromatic heterocycles. The summed E-state index contributed by atoms with van der Waals surface area (Å²) in [6.07, 6.45) is -2.98. The van der Waals surface area contributed by atoms with E-state index in [1.54, 1.807) is 0 Å². The Labute approximate surface area is 135 Å². The van der Waals surface area contributed by atoms with Gasteiger partial charge in [-0.05, 0) is 41.8 Å². The minimum absolute atomic E-state index is 0.0671. The van der Waals surface area contributed by atoms with E-state index in [0.29, 0.717) is 0 Å². The molecule has 0 bridgehead atoms. The quantitative estimate of drug-likeness (QED) is 0.859. The Balaban J connectivity index is 2.32. The number of anilines is 1. The fourth-order valence-electron chi connectivity index (χ4n) is 3.32. The van der Waals surface area contributed by atoms with Gasteiger partial charge in [0.15, 0.2) is 0 Å². The van der Waals surface area contributed by atoms with Gasteiger partial charge >= 0.3 is 6.18 Å². The Morgan fingerprint density at radius 2 is 2.12 bits per heavy atom. The van der Waals surface area contributed by atoms with E-state index in [2.05, 4.69) is 10.3 Å². The lowest BCUT2D eigenvalue weighted by molar-refractivity contribution is -0.185. The second-order valence-corrected chi connectivity index (χ2v) is 5.65. The van der Waals surface area contributed by atoms with E-state index in [1.807, 2.05) is 0 Å². The average molecular weight is 342 g/mol. The van der Waals surface area contributed by atoms with Crippen LogP contribution in [0.4, 0.5) is 23.2 Å². The number of benzene rings is 1. The molecule has 2 unspecified atom stereocenters. The van der Waals surface area contributed by atoms with Crippen LogP contribution in [0.3, 0.4) is 0 Å². The molecule has 2 heterocycles. The maximum Gasteiger partial charge on any atom is 0.402 e. The summed E-state index contributed by atoms with van der Waals surface area (Å²) in [6, 6.07) is 1.89. The van der Waals surface area contributed by atoms with Gasteiger partial charge in [0.1, 0.15) is 17.3 Å². The summed E-state index contributed by atoms with van der Waals surface area (Å²) in [5.74, 6) is -1.50. The molecule has 2 aliphatic rings. The van der Waals surface area contributed by atoms with Gasteiger partial charge in [-0.1, -0.05) is 0 Å². The van der Waals surface area contributed by atoms with Crippen molar-refractivity contribution in [3.8, 4) is 0 Å². The SMILES string of the molecule is COCCC1(C(F)(F)F)C2=CC=NC(=O)C2Nc2ccc(F)cc21. The normalized spacial score (nSPS) is 25.6. The molecule has 128 valence electrons. The fraction of sp³-hybridized carbons (Fsp3) is 0.375. The van der Waals surface area contributed by atoms with Crippen molar-refractivity contribution >= 4 is 17.8 Å². The second-order valence-electron chi connectivity index (χ2n) is 5.65. The van der Waals surface area contributed by atoms with Gasteiger partial charge in [-0.15, -0.1) is 0 Å². The Morgan fingerprint density at radius 3 is 2.79 bits per heavy atom. The van der Waals surface area contributed by atoms with Crippen LogP contribution in [0.25, 0.3) is 0 Å². The smallest absolute Gasteiger partial charge is 0.385 e. The number of ether oxygens (including phenoxy) is 1. The van der Waals surface area contributed by atoms with Gasteiger partial charge in [0.2, 0.25) is 0 Å². The number of amides is 1. The summed E-state index contributed by atoms with van der Waals surface area (Å²) in [5, 5.41) is 2.74. The number of aliphatic imine (C=N–C) groups is 1. The standard InChI is InChI=1S/C16H14F4N2O2/c1-24-7-5-15(16(18,19)20)10-4-6-21-14(23)13(10)22-12-3-2-9(17)8-11(12)15/h2-4,6,8,13,22H,5,7H2,1H3. The molecule has 0 radical (unpaired) electrons. The number of nitrogens with one attached hydrogen (secondary N) is 1. The first-order valence-corrected chi connectivity index (χ1v) is 7.22. The molecule has 1 amide bonds. The highest BCUT2D eigenvalue weighted by Crippen LogP contribution is 2.55. The fourth-order valence-corrected chi connectivity index (χ4v) is 3.32. The van der Waals surface area contributed by atoms with E-state index in [0.717, 1.165) is 18.3 Å². The Hall–Kier alpha value is -2.22. The number of halogens is 4. The van der Waals surface area contributed by atoms with Gasteiger partial charge in [0, 0.05) is 25.6 Å². The molecule has 0 saturated heterocycles. The van der Waals surface area contributed by atoms with Crippen LogP contribution in [0.15, 0.2) is 34.8 Å². The van der Waals surface area contributed by atoms with Crippen LogP contribution in [-0.2, 0) is 14.9 Å². The zero-order chi connectivity index (χ0) is 17.5. The Morgan fingerprint density at radius 1 is 1.38 bits per heavy atom. The third-order valence-corrected chi connectivity index (χ3v) is 4.41. The summed E-state index contributed by atoms with van der Waals surface area (Å²) >= 11 is 0. The van der Waals surface area contributed by atoms with Gasteiger partial charge in [0.25, 0.3) is 5.91 Å². The highest BCUT2D eigenvalue weighted by Gasteiger charge is 2.62. The first-order valence-electron chi connectivity index (χ1n) is 7.22. The number of nitrogens with zero attached hydrogens (tertiary/aromatic N) is 1. The molecule has 8 heteroatoms. The minimum Gasteiger partial charge on any atom is -0.385 e. The molecule has 24 heavy (non-hydrogen) atoms. The Bertz CT molecular complexity index is 742. The second kappa shape index (κ2) is 5.70. The molecule has 0 aliphatic carbocycles. The molecule has 0 fully saturated rings. The van der Waals surface area contributed by atoms with Crippen molar-refractivity contribution in [1.29, 1.82) is 0 Å².